The summed E-state index contributed by atoms with van der Waals surface area (Å²) in [4.78, 5) is 0. The van der Waals surface area contributed by atoms with Crippen molar-refractivity contribution in [1.29, 1.82) is 0 Å². The Morgan fingerprint density at radius 3 is 2.54 bits per heavy atom. The van der Waals surface area contributed by atoms with E-state index < -0.39 is 0 Å². The van der Waals surface area contributed by atoms with Crippen LogP contribution < -0.4 is 5.32 Å². The van der Waals surface area contributed by atoms with Crippen molar-refractivity contribution in [3.63, 3.8) is 0 Å². The van der Waals surface area contributed by atoms with Crippen molar-refractivity contribution < 1.29 is 0 Å². The highest BCUT2D eigenvalue weighted by atomic mass is 32.2. The molecule has 0 radical (unpaired) electrons. The molecule has 0 aromatic heterocycles. The monoisotopic (exact) mass is 197 g/mol. The molecule has 1 N–H and O–H groups in total. The van der Waals surface area contributed by atoms with Gasteiger partial charge in [0, 0.05) is 17.8 Å². The van der Waals surface area contributed by atoms with Gasteiger partial charge in [-0.1, -0.05) is 6.42 Å². The van der Waals surface area contributed by atoms with E-state index in [1.807, 2.05) is 0 Å². The molecule has 0 bridgehead atoms. The fraction of sp³-hybridized carbons (Fsp3) is 1.00. The second kappa shape index (κ2) is 3.16. The molecular formula is C11H19NS. The summed E-state index contributed by atoms with van der Waals surface area (Å²) < 4.78 is 0. The lowest BCUT2D eigenvalue weighted by Gasteiger charge is -2.57. The molecule has 0 aromatic rings. The Balaban J connectivity index is 1.54. The first-order valence-corrected chi connectivity index (χ1v) is 6.88. The summed E-state index contributed by atoms with van der Waals surface area (Å²) in [6.07, 6.45) is 8.93. The topological polar surface area (TPSA) is 12.0 Å². The smallest absolute Gasteiger partial charge is 0.0168 e. The molecule has 3 fully saturated rings. The van der Waals surface area contributed by atoms with Crippen LogP contribution in [0.15, 0.2) is 0 Å². The Kier molecular flexibility index (Phi) is 2.09. The second-order valence-corrected chi connectivity index (χ2v) is 6.18. The summed E-state index contributed by atoms with van der Waals surface area (Å²) in [6.45, 7) is 0. The molecule has 1 spiro atoms. The molecule has 2 aliphatic carbocycles. The van der Waals surface area contributed by atoms with Gasteiger partial charge in [0.05, 0.1) is 0 Å². The molecule has 2 heteroatoms. The van der Waals surface area contributed by atoms with Crippen LogP contribution in [-0.2, 0) is 0 Å². The first-order chi connectivity index (χ1) is 6.39. The third-order valence-corrected chi connectivity index (χ3v) is 5.55. The van der Waals surface area contributed by atoms with Crippen molar-refractivity contribution in [2.75, 3.05) is 11.5 Å². The number of hydrogen-bond acceptors (Lipinski definition) is 2. The van der Waals surface area contributed by atoms with Crippen LogP contribution in [0.4, 0.5) is 0 Å². The van der Waals surface area contributed by atoms with Gasteiger partial charge in [0.2, 0.25) is 0 Å². The minimum absolute atomic E-state index is 0.799. The van der Waals surface area contributed by atoms with Crippen molar-refractivity contribution in [2.45, 2.75) is 50.6 Å². The average Bonchev–Trinajstić information content (AvgIpc) is 2.47. The van der Waals surface area contributed by atoms with Gasteiger partial charge in [0.25, 0.3) is 0 Å². The zero-order valence-corrected chi connectivity index (χ0v) is 9.04. The predicted octanol–water partition coefficient (Wildman–Crippen LogP) is 2.41. The minimum Gasteiger partial charge on any atom is -0.310 e. The summed E-state index contributed by atoms with van der Waals surface area (Å²) in [5.41, 5.74) is 0.799. The molecule has 3 aliphatic rings. The van der Waals surface area contributed by atoms with Gasteiger partial charge in [-0.05, 0) is 43.3 Å². The fourth-order valence-corrected chi connectivity index (χ4v) is 4.30. The number of rotatable bonds is 2. The lowest BCUT2D eigenvalue weighted by atomic mass is 9.53. The molecule has 0 amide bonds. The standard InChI is InChI=1S/C11H19NS/c1-4-11(5-1)6-2-10(11)12-9-3-7-13-8-9/h9-10,12H,1-8H2. The lowest BCUT2D eigenvalue weighted by Crippen LogP contribution is -2.59. The van der Waals surface area contributed by atoms with Gasteiger partial charge in [-0.3, -0.25) is 0 Å². The van der Waals surface area contributed by atoms with Crippen LogP contribution in [0.3, 0.4) is 0 Å². The summed E-state index contributed by atoms with van der Waals surface area (Å²) in [7, 11) is 0. The van der Waals surface area contributed by atoms with Crippen molar-refractivity contribution in [3.8, 4) is 0 Å². The van der Waals surface area contributed by atoms with E-state index in [1.165, 1.54) is 50.0 Å². The second-order valence-electron chi connectivity index (χ2n) is 5.03. The minimum atomic E-state index is 0.799. The van der Waals surface area contributed by atoms with E-state index in [4.69, 9.17) is 0 Å². The molecule has 13 heavy (non-hydrogen) atoms. The van der Waals surface area contributed by atoms with Gasteiger partial charge in [0.15, 0.2) is 0 Å². The van der Waals surface area contributed by atoms with Gasteiger partial charge in [-0.15, -0.1) is 0 Å². The predicted molar refractivity (Wildman–Crippen MR) is 58.2 cm³/mol. The largest absolute Gasteiger partial charge is 0.310 e. The zero-order valence-electron chi connectivity index (χ0n) is 8.22. The van der Waals surface area contributed by atoms with E-state index in [0.29, 0.717) is 0 Å². The molecule has 2 atom stereocenters. The lowest BCUT2D eigenvalue weighted by molar-refractivity contribution is -0.0214. The van der Waals surface area contributed by atoms with Gasteiger partial charge >= 0.3 is 0 Å². The van der Waals surface area contributed by atoms with E-state index in [0.717, 1.165) is 17.5 Å². The highest BCUT2D eigenvalue weighted by molar-refractivity contribution is 7.99. The Morgan fingerprint density at radius 1 is 1.15 bits per heavy atom. The van der Waals surface area contributed by atoms with Gasteiger partial charge < -0.3 is 5.32 Å². The molecule has 0 aromatic carbocycles. The van der Waals surface area contributed by atoms with E-state index in [2.05, 4.69) is 17.1 Å². The zero-order chi connectivity index (χ0) is 8.73. The first kappa shape index (κ1) is 8.60. The van der Waals surface area contributed by atoms with Gasteiger partial charge in [-0.2, -0.15) is 11.8 Å². The van der Waals surface area contributed by atoms with Crippen LogP contribution in [0.25, 0.3) is 0 Å². The van der Waals surface area contributed by atoms with Crippen molar-refractivity contribution in [2.24, 2.45) is 5.41 Å². The maximum absolute atomic E-state index is 3.89. The molecule has 74 valence electrons. The SMILES string of the molecule is C1CC2(C1)CCC2NC1CCSC1. The van der Waals surface area contributed by atoms with Crippen LogP contribution >= 0.6 is 11.8 Å². The van der Waals surface area contributed by atoms with Crippen LogP contribution in [-0.4, -0.2) is 23.6 Å². The Labute approximate surface area is 85.0 Å². The maximum Gasteiger partial charge on any atom is 0.0168 e. The summed E-state index contributed by atoms with van der Waals surface area (Å²) in [6, 6.07) is 1.76. The summed E-state index contributed by atoms with van der Waals surface area (Å²) in [5.74, 6) is 2.75. The maximum atomic E-state index is 3.89. The van der Waals surface area contributed by atoms with Crippen molar-refractivity contribution in [3.05, 3.63) is 0 Å². The first-order valence-electron chi connectivity index (χ1n) is 5.73. The van der Waals surface area contributed by atoms with E-state index >= 15 is 0 Å². The quantitative estimate of drug-likeness (QED) is 0.729. The van der Waals surface area contributed by atoms with E-state index in [1.54, 1.807) is 0 Å². The van der Waals surface area contributed by atoms with E-state index in [9.17, 15) is 0 Å². The van der Waals surface area contributed by atoms with Gasteiger partial charge in [-0.25, -0.2) is 0 Å². The van der Waals surface area contributed by atoms with Crippen LogP contribution in [0.2, 0.25) is 0 Å². The molecule has 2 unspecified atom stereocenters. The molecule has 2 saturated carbocycles. The highest BCUT2D eigenvalue weighted by Crippen LogP contribution is 2.56. The molecule has 1 saturated heterocycles. The number of nitrogens with one attached hydrogen (secondary N) is 1. The summed E-state index contributed by atoms with van der Waals surface area (Å²) >= 11 is 2.12. The van der Waals surface area contributed by atoms with Crippen LogP contribution in [0.1, 0.15) is 38.5 Å². The third kappa shape index (κ3) is 1.33. The Hall–Kier alpha value is 0.310. The molecule has 1 heterocycles. The van der Waals surface area contributed by atoms with Gasteiger partial charge in [0.1, 0.15) is 0 Å². The normalized spacial score (nSPS) is 41.5. The van der Waals surface area contributed by atoms with Crippen molar-refractivity contribution >= 4 is 11.8 Å². The third-order valence-electron chi connectivity index (χ3n) is 4.39. The molecule has 1 aliphatic heterocycles. The molecule has 1 nitrogen and oxygen atoms in total. The Bertz CT molecular complexity index is 189. The van der Waals surface area contributed by atoms with Crippen LogP contribution in [0, 0.1) is 5.41 Å². The van der Waals surface area contributed by atoms with Crippen molar-refractivity contribution in [1.82, 2.24) is 5.32 Å². The van der Waals surface area contributed by atoms with E-state index in [-0.39, 0.29) is 0 Å². The Morgan fingerprint density at radius 2 is 2.08 bits per heavy atom. The fourth-order valence-electron chi connectivity index (χ4n) is 3.14. The number of thioether (sulfide) groups is 1. The number of hydrogen-bond donors (Lipinski definition) is 1. The highest BCUT2D eigenvalue weighted by Gasteiger charge is 2.50. The molecule has 3 rings (SSSR count). The summed E-state index contributed by atoms with van der Waals surface area (Å²) in [5, 5.41) is 3.89. The average molecular weight is 197 g/mol. The van der Waals surface area contributed by atoms with Crippen LogP contribution in [0.5, 0.6) is 0 Å². The molecular weight excluding hydrogens is 178 g/mol.